The third kappa shape index (κ3) is 3.20. The second-order valence-electron chi connectivity index (χ2n) is 9.01. The first kappa shape index (κ1) is 19.2. The highest BCUT2D eigenvalue weighted by Gasteiger charge is 2.45. The Hall–Kier alpha value is -1.81. The maximum Gasteiger partial charge on any atom is 0.258 e. The Balaban J connectivity index is 1.76. The summed E-state index contributed by atoms with van der Waals surface area (Å²) in [5.41, 5.74) is 4.79. The van der Waals surface area contributed by atoms with Crippen LogP contribution in [0.15, 0.2) is 46.9 Å². The molecule has 1 spiro atoms. The highest BCUT2D eigenvalue weighted by molar-refractivity contribution is 7.99. The van der Waals surface area contributed by atoms with E-state index < -0.39 is 0 Å². The standard InChI is InChI=1S/C25H30N2OS/c1-2-16-29-24-26-22-20-13-7-6-10-18(20)17-25(14-8-9-15-25)21(22)23(28)27(24)19-11-4-3-5-12-19/h2,6-7,10,13,19H,1,3-5,8-9,11-12,14-17H2. The Morgan fingerprint density at radius 2 is 1.90 bits per heavy atom. The molecule has 3 nitrogen and oxygen atoms in total. The van der Waals surface area contributed by atoms with E-state index in [1.165, 1.54) is 43.2 Å². The molecule has 152 valence electrons. The Morgan fingerprint density at radius 1 is 1.14 bits per heavy atom. The van der Waals surface area contributed by atoms with Gasteiger partial charge in [0.1, 0.15) is 0 Å². The van der Waals surface area contributed by atoms with Gasteiger partial charge in [0.15, 0.2) is 5.16 Å². The lowest BCUT2D eigenvalue weighted by molar-refractivity contribution is 0.316. The minimum absolute atomic E-state index is 0.00811. The molecule has 5 rings (SSSR count). The lowest BCUT2D eigenvalue weighted by Crippen LogP contribution is -2.41. The normalized spacial score (nSPS) is 20.4. The third-order valence-corrected chi connectivity index (χ3v) is 8.19. The van der Waals surface area contributed by atoms with Crippen molar-refractivity contribution in [2.45, 2.75) is 80.8 Å². The summed E-state index contributed by atoms with van der Waals surface area (Å²) in [5.74, 6) is 0.782. The van der Waals surface area contributed by atoms with Crippen molar-refractivity contribution in [1.29, 1.82) is 0 Å². The van der Waals surface area contributed by atoms with Crippen molar-refractivity contribution in [3.8, 4) is 11.3 Å². The van der Waals surface area contributed by atoms with E-state index in [0.29, 0.717) is 6.04 Å². The van der Waals surface area contributed by atoms with Gasteiger partial charge in [-0.25, -0.2) is 4.98 Å². The molecule has 2 aromatic rings. The van der Waals surface area contributed by atoms with Crippen LogP contribution in [-0.2, 0) is 11.8 Å². The van der Waals surface area contributed by atoms with Gasteiger partial charge in [-0.15, -0.1) is 6.58 Å². The second kappa shape index (κ2) is 7.79. The molecular formula is C25H30N2OS. The van der Waals surface area contributed by atoms with E-state index in [-0.39, 0.29) is 11.0 Å². The molecule has 29 heavy (non-hydrogen) atoms. The summed E-state index contributed by atoms with van der Waals surface area (Å²) in [4.78, 5) is 19.4. The zero-order valence-electron chi connectivity index (χ0n) is 17.2. The molecule has 3 aliphatic carbocycles. The Labute approximate surface area is 177 Å². The van der Waals surface area contributed by atoms with Crippen molar-refractivity contribution in [2.75, 3.05) is 5.75 Å². The van der Waals surface area contributed by atoms with Crippen LogP contribution < -0.4 is 5.56 Å². The van der Waals surface area contributed by atoms with Crippen molar-refractivity contribution in [3.05, 3.63) is 58.4 Å². The lowest BCUT2D eigenvalue weighted by Gasteiger charge is -2.37. The molecule has 2 fully saturated rings. The van der Waals surface area contributed by atoms with Crippen LogP contribution in [0.4, 0.5) is 0 Å². The number of nitrogens with zero attached hydrogens (tertiary/aromatic N) is 2. The van der Waals surface area contributed by atoms with Gasteiger partial charge in [0.2, 0.25) is 0 Å². The van der Waals surface area contributed by atoms with Crippen molar-refractivity contribution in [2.24, 2.45) is 0 Å². The predicted molar refractivity (Wildman–Crippen MR) is 121 cm³/mol. The van der Waals surface area contributed by atoms with Crippen LogP contribution in [0.25, 0.3) is 11.3 Å². The molecule has 3 aliphatic rings. The molecule has 2 saturated carbocycles. The van der Waals surface area contributed by atoms with E-state index in [1.807, 2.05) is 6.08 Å². The maximum atomic E-state index is 14.2. The summed E-state index contributed by atoms with van der Waals surface area (Å²) in [6.45, 7) is 3.89. The van der Waals surface area contributed by atoms with Crippen molar-refractivity contribution in [3.63, 3.8) is 0 Å². The number of thioether (sulfide) groups is 1. The Kier molecular flexibility index (Phi) is 5.15. The largest absolute Gasteiger partial charge is 0.284 e. The zero-order chi connectivity index (χ0) is 19.8. The Morgan fingerprint density at radius 3 is 2.66 bits per heavy atom. The summed E-state index contributed by atoms with van der Waals surface area (Å²) >= 11 is 1.67. The minimum Gasteiger partial charge on any atom is -0.284 e. The van der Waals surface area contributed by atoms with Gasteiger partial charge < -0.3 is 0 Å². The second-order valence-corrected chi connectivity index (χ2v) is 9.99. The monoisotopic (exact) mass is 406 g/mol. The highest BCUT2D eigenvalue weighted by atomic mass is 32.2. The maximum absolute atomic E-state index is 14.2. The third-order valence-electron chi connectivity index (χ3n) is 7.25. The minimum atomic E-state index is -0.00811. The number of hydrogen-bond acceptors (Lipinski definition) is 3. The van der Waals surface area contributed by atoms with E-state index in [2.05, 4.69) is 35.4 Å². The lowest BCUT2D eigenvalue weighted by atomic mass is 9.68. The number of rotatable bonds is 4. The number of fused-ring (bicyclic) bond motifs is 4. The number of benzene rings is 1. The van der Waals surface area contributed by atoms with Crippen LogP contribution in [0.2, 0.25) is 0 Å². The van der Waals surface area contributed by atoms with Crippen LogP contribution in [0.1, 0.15) is 75.0 Å². The van der Waals surface area contributed by atoms with Crippen LogP contribution in [0.5, 0.6) is 0 Å². The van der Waals surface area contributed by atoms with E-state index in [9.17, 15) is 4.79 Å². The molecule has 4 heteroatoms. The molecule has 0 unspecified atom stereocenters. The summed E-state index contributed by atoms with van der Waals surface area (Å²) in [5, 5.41) is 0.894. The smallest absolute Gasteiger partial charge is 0.258 e. The van der Waals surface area contributed by atoms with Crippen LogP contribution >= 0.6 is 11.8 Å². The molecule has 0 atom stereocenters. The number of hydrogen-bond donors (Lipinski definition) is 0. The highest BCUT2D eigenvalue weighted by Crippen LogP contribution is 2.50. The first-order chi connectivity index (χ1) is 14.2. The fraction of sp³-hybridized carbons (Fsp3) is 0.520. The SMILES string of the molecule is C=CCSc1nc2c(c(=O)n1C1CCCCC1)C1(CCCC1)Cc1ccccc1-2. The van der Waals surface area contributed by atoms with Gasteiger partial charge in [0.25, 0.3) is 5.56 Å². The van der Waals surface area contributed by atoms with Crippen LogP contribution in [0, 0.1) is 0 Å². The average molecular weight is 407 g/mol. The zero-order valence-corrected chi connectivity index (χ0v) is 18.0. The molecule has 0 N–H and O–H groups in total. The van der Waals surface area contributed by atoms with E-state index in [1.54, 1.807) is 11.8 Å². The van der Waals surface area contributed by atoms with Gasteiger partial charge in [-0.05, 0) is 37.7 Å². The molecule has 0 amide bonds. The molecule has 0 aliphatic heterocycles. The van der Waals surface area contributed by atoms with Gasteiger partial charge in [-0.1, -0.05) is 74.2 Å². The number of aromatic nitrogens is 2. The molecule has 1 aromatic carbocycles. The van der Waals surface area contributed by atoms with Gasteiger partial charge >= 0.3 is 0 Å². The summed E-state index contributed by atoms with van der Waals surface area (Å²) in [6, 6.07) is 8.92. The van der Waals surface area contributed by atoms with Gasteiger partial charge in [0, 0.05) is 22.8 Å². The summed E-state index contributed by atoms with van der Waals surface area (Å²) in [7, 11) is 0. The summed E-state index contributed by atoms with van der Waals surface area (Å²) in [6.07, 6.45) is 13.5. The van der Waals surface area contributed by atoms with Crippen molar-refractivity contribution >= 4 is 11.8 Å². The van der Waals surface area contributed by atoms with E-state index in [4.69, 9.17) is 4.98 Å². The van der Waals surface area contributed by atoms with Crippen LogP contribution in [-0.4, -0.2) is 15.3 Å². The van der Waals surface area contributed by atoms with Gasteiger partial charge in [-0.3, -0.25) is 9.36 Å². The fourth-order valence-corrected chi connectivity index (χ4v) is 6.71. The first-order valence-corrected chi connectivity index (χ1v) is 12.2. The van der Waals surface area contributed by atoms with Gasteiger partial charge in [-0.2, -0.15) is 0 Å². The first-order valence-electron chi connectivity index (χ1n) is 11.2. The van der Waals surface area contributed by atoms with Crippen molar-refractivity contribution in [1.82, 2.24) is 9.55 Å². The molecule has 0 saturated heterocycles. The van der Waals surface area contributed by atoms with Crippen molar-refractivity contribution < 1.29 is 0 Å². The van der Waals surface area contributed by atoms with E-state index >= 15 is 0 Å². The topological polar surface area (TPSA) is 34.9 Å². The van der Waals surface area contributed by atoms with Gasteiger partial charge in [0.05, 0.1) is 11.3 Å². The Bertz CT molecular complexity index is 981. The predicted octanol–water partition coefficient (Wildman–Crippen LogP) is 6.06. The molecular weight excluding hydrogens is 376 g/mol. The molecule has 1 aromatic heterocycles. The molecule has 0 radical (unpaired) electrons. The molecule has 0 bridgehead atoms. The molecule has 1 heterocycles. The van der Waals surface area contributed by atoms with Crippen LogP contribution in [0.3, 0.4) is 0 Å². The average Bonchev–Trinajstić information content (AvgIpc) is 3.21. The quantitative estimate of drug-likeness (QED) is 0.351. The summed E-state index contributed by atoms with van der Waals surface area (Å²) < 4.78 is 2.10. The van der Waals surface area contributed by atoms with E-state index in [0.717, 1.165) is 54.3 Å². The fourth-order valence-electron chi connectivity index (χ4n) is 5.92.